The lowest BCUT2D eigenvalue weighted by atomic mass is 10.1. The number of aromatic nitrogens is 1. The highest BCUT2D eigenvalue weighted by Gasteiger charge is 2.12. The van der Waals surface area contributed by atoms with Gasteiger partial charge in [-0.05, 0) is 31.2 Å². The lowest BCUT2D eigenvalue weighted by molar-refractivity contribution is -0.385. The summed E-state index contributed by atoms with van der Waals surface area (Å²) >= 11 is 0. The third-order valence-electron chi connectivity index (χ3n) is 2.94. The Labute approximate surface area is 111 Å². The number of nitro groups is 1. The molecule has 19 heavy (non-hydrogen) atoms. The summed E-state index contributed by atoms with van der Waals surface area (Å²) in [5.74, 6) is 0. The van der Waals surface area contributed by atoms with E-state index in [-0.39, 0.29) is 10.6 Å². The lowest BCUT2D eigenvalue weighted by Crippen LogP contribution is -2.17. The molecule has 0 N–H and O–H groups in total. The molecule has 0 radical (unpaired) electrons. The summed E-state index contributed by atoms with van der Waals surface area (Å²) < 4.78 is 0. The van der Waals surface area contributed by atoms with E-state index in [4.69, 9.17) is 0 Å². The third kappa shape index (κ3) is 3.07. The van der Waals surface area contributed by atoms with Crippen LogP contribution in [-0.2, 0) is 6.54 Å². The van der Waals surface area contributed by atoms with Gasteiger partial charge in [0.15, 0.2) is 0 Å². The highest BCUT2D eigenvalue weighted by molar-refractivity contribution is 5.54. The number of nitro benzene ring substituents is 1. The van der Waals surface area contributed by atoms with E-state index in [1.807, 2.05) is 36.2 Å². The van der Waals surface area contributed by atoms with Crippen molar-refractivity contribution in [2.24, 2.45) is 0 Å². The fraction of sp³-hybridized carbons (Fsp3) is 0.214. The molecule has 0 bridgehead atoms. The molecule has 1 heterocycles. The normalized spacial score (nSPS) is 10.2. The van der Waals surface area contributed by atoms with Crippen LogP contribution in [0, 0.1) is 17.0 Å². The molecule has 98 valence electrons. The maximum atomic E-state index is 10.8. The van der Waals surface area contributed by atoms with E-state index >= 15 is 0 Å². The molecule has 0 saturated carbocycles. The van der Waals surface area contributed by atoms with E-state index in [9.17, 15) is 10.1 Å². The van der Waals surface area contributed by atoms with Gasteiger partial charge in [0.05, 0.1) is 17.2 Å². The van der Waals surface area contributed by atoms with Gasteiger partial charge in [-0.25, -0.2) is 0 Å². The minimum atomic E-state index is -0.363. The van der Waals surface area contributed by atoms with Gasteiger partial charge >= 0.3 is 0 Å². The van der Waals surface area contributed by atoms with Crippen LogP contribution in [0.3, 0.4) is 0 Å². The number of aryl methyl sites for hydroxylation is 1. The molecule has 0 aliphatic rings. The van der Waals surface area contributed by atoms with Crippen LogP contribution >= 0.6 is 0 Å². The summed E-state index contributed by atoms with van der Waals surface area (Å²) in [5, 5.41) is 10.8. The van der Waals surface area contributed by atoms with Crippen molar-refractivity contribution in [3.05, 3.63) is 64.0 Å². The molecule has 0 aliphatic heterocycles. The Morgan fingerprint density at radius 1 is 1.32 bits per heavy atom. The fourth-order valence-corrected chi connectivity index (χ4v) is 1.91. The van der Waals surface area contributed by atoms with Crippen molar-refractivity contribution in [2.45, 2.75) is 13.5 Å². The standard InChI is InChI=1S/C14H15N3O2/c1-11-9-13(6-7-14(11)17(18)19)16(2)10-12-5-3-4-8-15-12/h3-9H,10H2,1-2H3. The van der Waals surface area contributed by atoms with Crippen molar-refractivity contribution in [2.75, 3.05) is 11.9 Å². The number of nitrogens with zero attached hydrogens (tertiary/aromatic N) is 3. The van der Waals surface area contributed by atoms with Crippen molar-refractivity contribution in [1.82, 2.24) is 4.98 Å². The Balaban J connectivity index is 2.18. The topological polar surface area (TPSA) is 59.3 Å². The van der Waals surface area contributed by atoms with Crippen LogP contribution < -0.4 is 4.90 Å². The van der Waals surface area contributed by atoms with E-state index in [0.29, 0.717) is 12.1 Å². The van der Waals surface area contributed by atoms with Crippen molar-refractivity contribution < 1.29 is 4.92 Å². The number of hydrogen-bond donors (Lipinski definition) is 0. The minimum Gasteiger partial charge on any atom is -0.369 e. The summed E-state index contributed by atoms with van der Waals surface area (Å²) in [4.78, 5) is 16.7. The first-order valence-corrected chi connectivity index (χ1v) is 5.94. The quantitative estimate of drug-likeness (QED) is 0.624. The minimum absolute atomic E-state index is 0.148. The summed E-state index contributed by atoms with van der Waals surface area (Å²) in [7, 11) is 1.94. The molecular weight excluding hydrogens is 242 g/mol. The zero-order valence-corrected chi connectivity index (χ0v) is 10.9. The smallest absolute Gasteiger partial charge is 0.272 e. The van der Waals surface area contributed by atoms with Gasteiger partial charge < -0.3 is 4.90 Å². The summed E-state index contributed by atoms with van der Waals surface area (Å²) in [6, 6.07) is 10.9. The second kappa shape index (κ2) is 5.48. The van der Waals surface area contributed by atoms with E-state index in [1.54, 1.807) is 25.3 Å². The maximum absolute atomic E-state index is 10.8. The molecule has 0 unspecified atom stereocenters. The van der Waals surface area contributed by atoms with Crippen molar-refractivity contribution in [1.29, 1.82) is 0 Å². The Bertz CT molecular complexity index is 584. The average molecular weight is 257 g/mol. The predicted octanol–water partition coefficient (Wildman–Crippen LogP) is 2.93. The molecule has 2 rings (SSSR count). The number of rotatable bonds is 4. The van der Waals surface area contributed by atoms with Crippen LogP contribution in [0.4, 0.5) is 11.4 Å². The monoisotopic (exact) mass is 257 g/mol. The third-order valence-corrected chi connectivity index (χ3v) is 2.94. The second-order valence-electron chi connectivity index (χ2n) is 4.41. The number of benzene rings is 1. The molecule has 1 aromatic heterocycles. The highest BCUT2D eigenvalue weighted by Crippen LogP contribution is 2.24. The Kier molecular flexibility index (Phi) is 3.75. The van der Waals surface area contributed by atoms with Gasteiger partial charge in [-0.3, -0.25) is 15.1 Å². The largest absolute Gasteiger partial charge is 0.369 e. The zero-order chi connectivity index (χ0) is 13.8. The lowest BCUT2D eigenvalue weighted by Gasteiger charge is -2.19. The van der Waals surface area contributed by atoms with Gasteiger partial charge in [-0.1, -0.05) is 6.07 Å². The molecule has 0 aliphatic carbocycles. The number of pyridine rings is 1. The molecule has 0 atom stereocenters. The first-order valence-electron chi connectivity index (χ1n) is 5.94. The van der Waals surface area contributed by atoms with E-state index in [2.05, 4.69) is 4.98 Å². The van der Waals surface area contributed by atoms with Crippen molar-refractivity contribution >= 4 is 11.4 Å². The van der Waals surface area contributed by atoms with Gasteiger partial charge in [0.2, 0.25) is 0 Å². The Morgan fingerprint density at radius 3 is 2.68 bits per heavy atom. The zero-order valence-electron chi connectivity index (χ0n) is 10.9. The van der Waals surface area contributed by atoms with Crippen LogP contribution in [0.15, 0.2) is 42.6 Å². The SMILES string of the molecule is Cc1cc(N(C)Cc2ccccn2)ccc1[N+](=O)[O-]. The van der Waals surface area contributed by atoms with Gasteiger partial charge in [0.1, 0.15) is 0 Å². The van der Waals surface area contributed by atoms with E-state index in [0.717, 1.165) is 11.4 Å². The van der Waals surface area contributed by atoms with Crippen LogP contribution in [0.2, 0.25) is 0 Å². The molecule has 5 nitrogen and oxygen atoms in total. The first-order chi connectivity index (χ1) is 9.08. The number of hydrogen-bond acceptors (Lipinski definition) is 4. The van der Waals surface area contributed by atoms with Gasteiger partial charge in [-0.15, -0.1) is 0 Å². The van der Waals surface area contributed by atoms with Crippen molar-refractivity contribution in [3.8, 4) is 0 Å². The highest BCUT2D eigenvalue weighted by atomic mass is 16.6. The van der Waals surface area contributed by atoms with Gasteiger partial charge in [0, 0.05) is 30.6 Å². The van der Waals surface area contributed by atoms with Crippen LogP contribution in [0.1, 0.15) is 11.3 Å². The van der Waals surface area contributed by atoms with E-state index in [1.165, 1.54) is 0 Å². The second-order valence-corrected chi connectivity index (χ2v) is 4.41. The Morgan fingerprint density at radius 2 is 2.11 bits per heavy atom. The molecule has 0 amide bonds. The summed E-state index contributed by atoms with van der Waals surface area (Å²) in [6.07, 6.45) is 1.75. The molecular formula is C14H15N3O2. The first kappa shape index (κ1) is 13.0. The van der Waals surface area contributed by atoms with Gasteiger partial charge in [-0.2, -0.15) is 0 Å². The van der Waals surface area contributed by atoms with E-state index < -0.39 is 0 Å². The molecule has 5 heteroatoms. The summed E-state index contributed by atoms with van der Waals surface area (Å²) in [5.41, 5.74) is 2.71. The molecule has 1 aromatic carbocycles. The molecule has 0 spiro atoms. The number of anilines is 1. The average Bonchev–Trinajstić information content (AvgIpc) is 2.39. The van der Waals surface area contributed by atoms with Crippen molar-refractivity contribution in [3.63, 3.8) is 0 Å². The Hall–Kier alpha value is -2.43. The van der Waals surface area contributed by atoms with Crippen LogP contribution in [0.5, 0.6) is 0 Å². The summed E-state index contributed by atoms with van der Waals surface area (Å²) in [6.45, 7) is 2.41. The molecule has 0 saturated heterocycles. The van der Waals surface area contributed by atoms with Crippen LogP contribution in [0.25, 0.3) is 0 Å². The maximum Gasteiger partial charge on any atom is 0.272 e. The fourth-order valence-electron chi connectivity index (χ4n) is 1.91. The predicted molar refractivity (Wildman–Crippen MR) is 74.2 cm³/mol. The molecule has 0 fully saturated rings. The van der Waals surface area contributed by atoms with Crippen LogP contribution in [-0.4, -0.2) is 17.0 Å². The van der Waals surface area contributed by atoms with Gasteiger partial charge in [0.25, 0.3) is 5.69 Å². The molecule has 2 aromatic rings.